The molecule has 0 spiro atoms. The van der Waals surface area contributed by atoms with Gasteiger partial charge >= 0.3 is 0 Å². The summed E-state index contributed by atoms with van der Waals surface area (Å²) in [4.78, 5) is 12.5. The third-order valence-corrected chi connectivity index (χ3v) is 4.67. The number of benzene rings is 2. The van der Waals surface area contributed by atoms with Crippen LogP contribution in [0.15, 0.2) is 53.4 Å². The van der Waals surface area contributed by atoms with Gasteiger partial charge in [-0.3, -0.25) is 9.89 Å². The number of H-pyrrole nitrogens is 1. The van der Waals surface area contributed by atoms with Crippen LogP contribution in [0.3, 0.4) is 0 Å². The molecule has 0 aliphatic rings. The predicted molar refractivity (Wildman–Crippen MR) is 89.8 cm³/mol. The molecule has 0 saturated heterocycles. The summed E-state index contributed by atoms with van der Waals surface area (Å²) in [5, 5.41) is 15.5. The van der Waals surface area contributed by atoms with Crippen molar-refractivity contribution in [2.24, 2.45) is 5.14 Å². The molecule has 0 saturated carbocycles. The van der Waals surface area contributed by atoms with Gasteiger partial charge in [0.2, 0.25) is 10.0 Å². The number of carbonyl (C=O) groups is 1. The molecule has 0 bridgehead atoms. The number of nitrogens with zero attached hydrogens (tertiary/aromatic N) is 1. The zero-order chi connectivity index (χ0) is 17.3. The number of aromatic amines is 1. The molecular weight excluding hydrogens is 328 g/mol. The van der Waals surface area contributed by atoms with Crippen LogP contribution in [0.25, 0.3) is 10.9 Å². The van der Waals surface area contributed by atoms with E-state index in [-0.39, 0.29) is 16.8 Å². The molecule has 8 heteroatoms. The van der Waals surface area contributed by atoms with Crippen molar-refractivity contribution in [3.63, 3.8) is 0 Å². The van der Waals surface area contributed by atoms with Crippen molar-refractivity contribution in [3.8, 4) is 0 Å². The van der Waals surface area contributed by atoms with Crippen molar-refractivity contribution in [2.45, 2.75) is 17.9 Å². The SMILES string of the molecule is CC(NC(=O)c1n[nH]c2ccccc12)c1ccc(S(N)(=O)=O)cc1. The minimum atomic E-state index is -3.73. The first kappa shape index (κ1) is 16.2. The third-order valence-electron chi connectivity index (χ3n) is 3.74. The lowest BCUT2D eigenvalue weighted by Crippen LogP contribution is -2.27. The number of carbonyl (C=O) groups excluding carboxylic acids is 1. The van der Waals surface area contributed by atoms with Gasteiger partial charge in [-0.1, -0.05) is 30.3 Å². The van der Waals surface area contributed by atoms with E-state index in [9.17, 15) is 13.2 Å². The van der Waals surface area contributed by atoms with Crippen molar-refractivity contribution in [1.82, 2.24) is 15.5 Å². The van der Waals surface area contributed by atoms with Gasteiger partial charge in [-0.2, -0.15) is 5.10 Å². The van der Waals surface area contributed by atoms with Gasteiger partial charge in [0.1, 0.15) is 0 Å². The number of fused-ring (bicyclic) bond motifs is 1. The predicted octanol–water partition coefficient (Wildman–Crippen LogP) is 1.70. The summed E-state index contributed by atoms with van der Waals surface area (Å²) >= 11 is 0. The summed E-state index contributed by atoms with van der Waals surface area (Å²) < 4.78 is 22.5. The summed E-state index contributed by atoms with van der Waals surface area (Å²) in [7, 11) is -3.73. The van der Waals surface area contributed by atoms with Crippen molar-refractivity contribution in [2.75, 3.05) is 0 Å². The maximum absolute atomic E-state index is 12.4. The number of hydrogen-bond acceptors (Lipinski definition) is 4. The highest BCUT2D eigenvalue weighted by atomic mass is 32.2. The molecule has 7 nitrogen and oxygen atoms in total. The van der Waals surface area contributed by atoms with E-state index in [1.807, 2.05) is 24.3 Å². The van der Waals surface area contributed by atoms with Crippen LogP contribution < -0.4 is 10.5 Å². The molecule has 24 heavy (non-hydrogen) atoms. The lowest BCUT2D eigenvalue weighted by molar-refractivity contribution is 0.0936. The highest BCUT2D eigenvalue weighted by molar-refractivity contribution is 7.89. The highest BCUT2D eigenvalue weighted by Crippen LogP contribution is 2.18. The molecule has 3 rings (SSSR count). The second-order valence-corrected chi connectivity index (χ2v) is 6.99. The molecule has 3 aromatic rings. The number of rotatable bonds is 4. The van der Waals surface area contributed by atoms with E-state index in [0.717, 1.165) is 16.5 Å². The number of para-hydroxylation sites is 1. The van der Waals surface area contributed by atoms with Crippen molar-refractivity contribution in [3.05, 3.63) is 59.8 Å². The minimum Gasteiger partial charge on any atom is -0.344 e. The summed E-state index contributed by atoms with van der Waals surface area (Å²) in [6.45, 7) is 1.80. The Hall–Kier alpha value is -2.71. The highest BCUT2D eigenvalue weighted by Gasteiger charge is 2.17. The summed E-state index contributed by atoms with van der Waals surface area (Å²) in [5.41, 5.74) is 1.86. The Morgan fingerprint density at radius 2 is 1.83 bits per heavy atom. The molecule has 0 radical (unpaired) electrons. The third kappa shape index (κ3) is 3.15. The van der Waals surface area contributed by atoms with Crippen molar-refractivity contribution in [1.29, 1.82) is 0 Å². The van der Waals surface area contributed by atoms with E-state index in [0.29, 0.717) is 5.69 Å². The van der Waals surface area contributed by atoms with Crippen molar-refractivity contribution < 1.29 is 13.2 Å². The Bertz CT molecular complexity index is 994. The zero-order valence-electron chi connectivity index (χ0n) is 12.9. The molecule has 1 aromatic heterocycles. The number of hydrogen-bond donors (Lipinski definition) is 3. The van der Waals surface area contributed by atoms with Gasteiger partial charge in [-0.05, 0) is 30.7 Å². The van der Waals surface area contributed by atoms with Crippen LogP contribution >= 0.6 is 0 Å². The second kappa shape index (κ2) is 6.06. The number of sulfonamides is 1. The fourth-order valence-electron chi connectivity index (χ4n) is 2.43. The first-order chi connectivity index (χ1) is 11.4. The lowest BCUT2D eigenvalue weighted by Gasteiger charge is -2.14. The fraction of sp³-hybridized carbons (Fsp3) is 0.125. The lowest BCUT2D eigenvalue weighted by atomic mass is 10.1. The molecule has 0 aliphatic heterocycles. The summed E-state index contributed by atoms with van der Waals surface area (Å²) in [6, 6.07) is 13.1. The maximum atomic E-state index is 12.4. The van der Waals surface area contributed by atoms with E-state index in [1.165, 1.54) is 12.1 Å². The summed E-state index contributed by atoms with van der Waals surface area (Å²) in [5.74, 6) is -0.310. The Labute approximate surface area is 138 Å². The maximum Gasteiger partial charge on any atom is 0.272 e. The zero-order valence-corrected chi connectivity index (χ0v) is 13.7. The molecule has 1 heterocycles. The van der Waals surface area contributed by atoms with Gasteiger partial charge < -0.3 is 5.32 Å². The van der Waals surface area contributed by atoms with Crippen LogP contribution in [0, 0.1) is 0 Å². The standard InChI is InChI=1S/C16H16N4O3S/c1-10(11-6-8-12(9-7-11)24(17,22)23)18-16(21)15-13-4-2-3-5-14(13)19-20-15/h2-10H,1H3,(H,18,21)(H,19,20)(H2,17,22,23). The van der Waals surface area contributed by atoms with E-state index >= 15 is 0 Å². The molecule has 124 valence electrons. The van der Waals surface area contributed by atoms with Gasteiger partial charge in [-0.15, -0.1) is 0 Å². The van der Waals surface area contributed by atoms with E-state index in [2.05, 4.69) is 15.5 Å². The van der Waals surface area contributed by atoms with Crippen LogP contribution in [0.5, 0.6) is 0 Å². The first-order valence-electron chi connectivity index (χ1n) is 7.23. The van der Waals surface area contributed by atoms with Gasteiger partial charge in [0.25, 0.3) is 5.91 Å². The van der Waals surface area contributed by atoms with E-state index in [4.69, 9.17) is 5.14 Å². The minimum absolute atomic E-state index is 0.0306. The largest absolute Gasteiger partial charge is 0.344 e. The smallest absolute Gasteiger partial charge is 0.272 e. The Balaban J connectivity index is 1.79. The molecule has 1 unspecified atom stereocenters. The molecule has 1 amide bonds. The molecule has 1 atom stereocenters. The number of nitrogens with one attached hydrogen (secondary N) is 2. The molecule has 0 aliphatic carbocycles. The van der Waals surface area contributed by atoms with Crippen LogP contribution in [-0.2, 0) is 10.0 Å². The Morgan fingerprint density at radius 3 is 2.50 bits per heavy atom. The number of nitrogens with two attached hydrogens (primary N) is 1. The number of aromatic nitrogens is 2. The van der Waals surface area contributed by atoms with Crippen molar-refractivity contribution >= 4 is 26.8 Å². The topological polar surface area (TPSA) is 118 Å². The van der Waals surface area contributed by atoms with E-state index < -0.39 is 10.0 Å². The average molecular weight is 344 g/mol. The normalized spacial score (nSPS) is 12.9. The molecule has 2 aromatic carbocycles. The van der Waals surface area contributed by atoms with Gasteiger partial charge in [0, 0.05) is 5.39 Å². The molecule has 4 N–H and O–H groups in total. The van der Waals surface area contributed by atoms with Gasteiger partial charge in [0.15, 0.2) is 5.69 Å². The Morgan fingerprint density at radius 1 is 1.17 bits per heavy atom. The quantitative estimate of drug-likeness (QED) is 0.667. The van der Waals surface area contributed by atoms with E-state index in [1.54, 1.807) is 19.1 Å². The van der Waals surface area contributed by atoms with Crippen LogP contribution in [-0.4, -0.2) is 24.5 Å². The monoisotopic (exact) mass is 344 g/mol. The van der Waals surface area contributed by atoms with Crippen LogP contribution in [0.1, 0.15) is 29.0 Å². The number of amides is 1. The molecule has 0 fully saturated rings. The average Bonchev–Trinajstić information content (AvgIpc) is 2.98. The van der Waals surface area contributed by atoms with Crippen LogP contribution in [0.4, 0.5) is 0 Å². The summed E-state index contributed by atoms with van der Waals surface area (Å²) in [6.07, 6.45) is 0. The number of primary sulfonamides is 1. The Kier molecular flexibility index (Phi) is 4.08. The first-order valence-corrected chi connectivity index (χ1v) is 8.77. The fourth-order valence-corrected chi connectivity index (χ4v) is 2.95. The second-order valence-electron chi connectivity index (χ2n) is 5.43. The van der Waals surface area contributed by atoms with Gasteiger partial charge in [-0.25, -0.2) is 13.6 Å². The van der Waals surface area contributed by atoms with Gasteiger partial charge in [0.05, 0.1) is 16.5 Å². The molecular formula is C16H16N4O3S. The van der Waals surface area contributed by atoms with Crippen LogP contribution in [0.2, 0.25) is 0 Å².